The van der Waals surface area contributed by atoms with Crippen LogP contribution in [0.2, 0.25) is 0 Å². The van der Waals surface area contributed by atoms with Gasteiger partial charge in [0.1, 0.15) is 0 Å². The van der Waals surface area contributed by atoms with Crippen LogP contribution in [-0.4, -0.2) is 59.2 Å². The molecule has 0 aromatic carbocycles. The van der Waals surface area contributed by atoms with Crippen molar-refractivity contribution in [2.24, 2.45) is 5.73 Å². The van der Waals surface area contributed by atoms with E-state index in [0.717, 1.165) is 0 Å². The smallest absolute Gasteiger partial charge is 0.267 e. The first-order valence-corrected chi connectivity index (χ1v) is 10.7. The Morgan fingerprint density at radius 3 is 2.41 bits per heavy atom. The molecule has 0 heterocycles. The Balaban J connectivity index is 3.76. The number of hydrogen-bond donors (Lipinski definition) is 3. The van der Waals surface area contributed by atoms with E-state index in [4.69, 9.17) is 9.92 Å². The molecule has 0 spiro atoms. The number of nitrogens with one attached hydrogen (secondary N) is 1. The van der Waals surface area contributed by atoms with E-state index in [1.165, 1.54) is 0 Å². The van der Waals surface area contributed by atoms with Crippen LogP contribution < -0.4 is 10.5 Å². The Bertz CT molecular complexity index is 478. The lowest BCUT2D eigenvalue weighted by Crippen LogP contribution is -2.26. The van der Waals surface area contributed by atoms with Gasteiger partial charge in [-0.1, -0.05) is 0 Å². The van der Waals surface area contributed by atoms with Gasteiger partial charge in [-0.15, -0.1) is 0 Å². The Kier molecular flexibility index (Phi) is 11.2. The van der Waals surface area contributed by atoms with E-state index in [-0.39, 0.29) is 31.1 Å². The maximum Gasteiger partial charge on any atom is 0.267 e. The first-order valence-electron chi connectivity index (χ1n) is 7.45. The van der Waals surface area contributed by atoms with Crippen molar-refractivity contribution >= 4 is 20.1 Å². The third kappa shape index (κ3) is 12.3. The molecule has 0 fully saturated rings. The number of rotatable bonds is 14. The topological polar surface area (TPSA) is 136 Å². The van der Waals surface area contributed by atoms with Crippen LogP contribution in [-0.2, 0) is 24.3 Å². The summed E-state index contributed by atoms with van der Waals surface area (Å²) in [6, 6.07) is 0. The fourth-order valence-corrected chi connectivity index (χ4v) is 3.29. The van der Waals surface area contributed by atoms with Gasteiger partial charge < -0.3 is 10.8 Å². The number of aliphatic hydroxyl groups excluding tert-OH is 1. The SMILES string of the molecule is CCS(=O)(=O)NCCCCOS(=O)(=O)CCC(O)CCCN. The number of nitrogens with two attached hydrogens (primary N) is 1. The fourth-order valence-electron chi connectivity index (χ4n) is 1.58. The van der Waals surface area contributed by atoms with Gasteiger partial charge in [-0.05, 0) is 45.6 Å². The van der Waals surface area contributed by atoms with Gasteiger partial charge in [-0.2, -0.15) is 8.42 Å². The Labute approximate surface area is 133 Å². The van der Waals surface area contributed by atoms with Crippen molar-refractivity contribution in [3.63, 3.8) is 0 Å². The highest BCUT2D eigenvalue weighted by Crippen LogP contribution is 2.06. The Morgan fingerprint density at radius 1 is 1.14 bits per heavy atom. The van der Waals surface area contributed by atoms with Gasteiger partial charge in [0.25, 0.3) is 10.1 Å². The van der Waals surface area contributed by atoms with Gasteiger partial charge in [-0.25, -0.2) is 13.1 Å². The van der Waals surface area contributed by atoms with Gasteiger partial charge in [0.2, 0.25) is 10.0 Å². The van der Waals surface area contributed by atoms with Crippen LogP contribution in [0.25, 0.3) is 0 Å². The first kappa shape index (κ1) is 21.7. The third-order valence-electron chi connectivity index (χ3n) is 2.98. The molecule has 4 N–H and O–H groups in total. The van der Waals surface area contributed by atoms with Crippen molar-refractivity contribution in [1.29, 1.82) is 0 Å². The predicted molar refractivity (Wildman–Crippen MR) is 85.3 cm³/mol. The summed E-state index contributed by atoms with van der Waals surface area (Å²) >= 11 is 0. The van der Waals surface area contributed by atoms with Crippen molar-refractivity contribution in [3.8, 4) is 0 Å². The van der Waals surface area contributed by atoms with Crippen molar-refractivity contribution < 1.29 is 26.1 Å². The zero-order valence-electron chi connectivity index (χ0n) is 13.0. The second kappa shape index (κ2) is 11.3. The van der Waals surface area contributed by atoms with Gasteiger partial charge in [0.15, 0.2) is 0 Å². The number of sulfonamides is 1. The second-order valence-electron chi connectivity index (χ2n) is 4.96. The molecular formula is C12H28N2O6S2. The zero-order chi connectivity index (χ0) is 17.1. The molecule has 0 bridgehead atoms. The standard InChI is InChI=1S/C12H28N2O6S2/c1-2-21(16,17)14-9-3-4-10-20-22(18,19)11-7-12(15)6-5-8-13/h12,14-15H,2-11,13H2,1H3. The van der Waals surface area contributed by atoms with E-state index in [9.17, 15) is 21.9 Å². The molecule has 8 nitrogen and oxygen atoms in total. The lowest BCUT2D eigenvalue weighted by Gasteiger charge is -2.10. The minimum atomic E-state index is -3.65. The van der Waals surface area contributed by atoms with Gasteiger partial charge >= 0.3 is 0 Å². The summed E-state index contributed by atoms with van der Waals surface area (Å²) < 4.78 is 52.6. The summed E-state index contributed by atoms with van der Waals surface area (Å²) in [5.41, 5.74) is 5.30. The van der Waals surface area contributed by atoms with Crippen molar-refractivity contribution in [2.45, 2.75) is 45.1 Å². The molecule has 10 heteroatoms. The third-order valence-corrected chi connectivity index (χ3v) is 5.64. The van der Waals surface area contributed by atoms with Crippen LogP contribution >= 0.6 is 0 Å². The lowest BCUT2D eigenvalue weighted by molar-refractivity contribution is 0.157. The Morgan fingerprint density at radius 2 is 1.82 bits per heavy atom. The van der Waals surface area contributed by atoms with E-state index in [1.54, 1.807) is 6.92 Å². The van der Waals surface area contributed by atoms with Crippen molar-refractivity contribution in [3.05, 3.63) is 0 Å². The fraction of sp³-hybridized carbons (Fsp3) is 1.00. The highest BCUT2D eigenvalue weighted by atomic mass is 32.2. The average Bonchev–Trinajstić information content (AvgIpc) is 2.46. The molecule has 0 aliphatic carbocycles. The number of aliphatic hydroxyl groups is 1. The van der Waals surface area contributed by atoms with E-state index >= 15 is 0 Å². The highest BCUT2D eigenvalue weighted by Gasteiger charge is 2.14. The molecule has 0 amide bonds. The molecule has 0 saturated heterocycles. The average molecular weight is 360 g/mol. The molecule has 0 saturated carbocycles. The monoisotopic (exact) mass is 360 g/mol. The van der Waals surface area contributed by atoms with Crippen LogP contribution in [0.4, 0.5) is 0 Å². The van der Waals surface area contributed by atoms with E-state index < -0.39 is 26.2 Å². The zero-order valence-corrected chi connectivity index (χ0v) is 14.7. The summed E-state index contributed by atoms with van der Waals surface area (Å²) in [5.74, 6) is -0.217. The molecule has 134 valence electrons. The predicted octanol–water partition coefficient (Wildman–Crippen LogP) is -0.458. The summed E-state index contributed by atoms with van der Waals surface area (Å²) in [7, 11) is -6.86. The maximum absolute atomic E-state index is 11.6. The van der Waals surface area contributed by atoms with Crippen LogP contribution in [0.15, 0.2) is 0 Å². The normalized spacial score (nSPS) is 14.1. The van der Waals surface area contributed by atoms with E-state index in [1.807, 2.05) is 0 Å². The van der Waals surface area contributed by atoms with Gasteiger partial charge in [-0.3, -0.25) is 4.18 Å². The van der Waals surface area contributed by atoms with Gasteiger partial charge in [0, 0.05) is 6.54 Å². The minimum Gasteiger partial charge on any atom is -0.393 e. The molecule has 1 unspecified atom stereocenters. The summed E-state index contributed by atoms with van der Waals surface area (Å²) in [6.07, 6.45) is 1.48. The lowest BCUT2D eigenvalue weighted by atomic mass is 10.1. The van der Waals surface area contributed by atoms with Crippen molar-refractivity contribution in [1.82, 2.24) is 4.72 Å². The molecule has 0 rings (SSSR count). The minimum absolute atomic E-state index is 0.00901. The quantitative estimate of drug-likeness (QED) is 0.282. The molecule has 0 aromatic rings. The molecule has 0 aliphatic heterocycles. The summed E-state index contributed by atoms with van der Waals surface area (Å²) in [4.78, 5) is 0. The van der Waals surface area contributed by atoms with Crippen molar-refractivity contribution in [2.75, 3.05) is 31.2 Å². The summed E-state index contributed by atoms with van der Waals surface area (Å²) in [6.45, 7) is 2.27. The van der Waals surface area contributed by atoms with Crippen LogP contribution in [0.3, 0.4) is 0 Å². The van der Waals surface area contributed by atoms with Crippen LogP contribution in [0, 0.1) is 0 Å². The molecule has 0 radical (unpaired) electrons. The van der Waals surface area contributed by atoms with E-state index in [0.29, 0.717) is 32.2 Å². The molecule has 0 aliphatic rings. The van der Waals surface area contributed by atoms with E-state index in [2.05, 4.69) is 4.72 Å². The molecule has 1 atom stereocenters. The largest absolute Gasteiger partial charge is 0.393 e. The van der Waals surface area contributed by atoms with Gasteiger partial charge in [0.05, 0.1) is 24.2 Å². The maximum atomic E-state index is 11.6. The Hall–Kier alpha value is -0.260. The molecule has 22 heavy (non-hydrogen) atoms. The highest BCUT2D eigenvalue weighted by molar-refractivity contribution is 7.89. The second-order valence-corrected chi connectivity index (χ2v) is 8.82. The van der Waals surface area contributed by atoms with Crippen LogP contribution in [0.5, 0.6) is 0 Å². The van der Waals surface area contributed by atoms with Crippen LogP contribution in [0.1, 0.15) is 39.0 Å². The number of hydrogen-bond acceptors (Lipinski definition) is 7. The first-order chi connectivity index (χ1) is 10.2. The number of unbranched alkanes of at least 4 members (excludes halogenated alkanes) is 1. The molecule has 0 aromatic heterocycles. The summed E-state index contributed by atoms with van der Waals surface area (Å²) in [5, 5.41) is 9.54. The molecular weight excluding hydrogens is 332 g/mol.